The van der Waals surface area contributed by atoms with Gasteiger partial charge in [-0.05, 0) is 18.6 Å². The fourth-order valence-electron chi connectivity index (χ4n) is 2.15. The van der Waals surface area contributed by atoms with E-state index in [0.717, 1.165) is 18.7 Å². The lowest BCUT2D eigenvalue weighted by atomic mass is 10.1. The smallest absolute Gasteiger partial charge is 0.224 e. The minimum absolute atomic E-state index is 0.0764. The van der Waals surface area contributed by atoms with E-state index < -0.39 is 0 Å². The molecule has 1 aromatic heterocycles. The molecule has 15 heavy (non-hydrogen) atoms. The summed E-state index contributed by atoms with van der Waals surface area (Å²) in [6.07, 6.45) is 2.98. The summed E-state index contributed by atoms with van der Waals surface area (Å²) >= 11 is 0. The molecule has 1 aliphatic heterocycles. The van der Waals surface area contributed by atoms with Gasteiger partial charge in [-0.25, -0.2) is 0 Å². The molecule has 0 bridgehead atoms. The predicted octanol–water partition coefficient (Wildman–Crippen LogP) is 1.29. The lowest BCUT2D eigenvalue weighted by Gasteiger charge is -2.24. The number of amides is 1. The summed E-state index contributed by atoms with van der Waals surface area (Å²) in [7, 11) is 0. The molecule has 4 heteroatoms. The SMILES string of the molecule is CCCN1C(=O)C[C@H](N)[C@H]1c1ccco1. The molecule has 82 valence electrons. The third-order valence-corrected chi connectivity index (χ3v) is 2.77. The first-order valence-electron chi connectivity index (χ1n) is 5.32. The number of furan rings is 1. The minimum atomic E-state index is -0.143. The first-order chi connectivity index (χ1) is 7.24. The van der Waals surface area contributed by atoms with Gasteiger partial charge < -0.3 is 15.1 Å². The van der Waals surface area contributed by atoms with Crippen molar-refractivity contribution in [2.45, 2.75) is 31.8 Å². The average Bonchev–Trinajstić information content (AvgIpc) is 2.77. The average molecular weight is 208 g/mol. The second kappa shape index (κ2) is 4.06. The van der Waals surface area contributed by atoms with Gasteiger partial charge in [0.1, 0.15) is 11.8 Å². The molecule has 1 aliphatic rings. The van der Waals surface area contributed by atoms with Crippen molar-refractivity contribution in [1.82, 2.24) is 4.90 Å². The highest BCUT2D eigenvalue weighted by Crippen LogP contribution is 2.32. The molecular formula is C11H16N2O2. The number of carbonyl (C=O) groups excluding carboxylic acids is 1. The molecule has 2 N–H and O–H groups in total. The molecule has 2 rings (SSSR count). The van der Waals surface area contributed by atoms with Crippen LogP contribution in [-0.2, 0) is 4.79 Å². The van der Waals surface area contributed by atoms with Gasteiger partial charge in [0.05, 0.1) is 6.26 Å². The van der Waals surface area contributed by atoms with Crippen molar-refractivity contribution < 1.29 is 9.21 Å². The molecular weight excluding hydrogens is 192 g/mol. The number of hydrogen-bond acceptors (Lipinski definition) is 3. The molecule has 1 amide bonds. The number of rotatable bonds is 3. The van der Waals surface area contributed by atoms with Crippen LogP contribution in [0.1, 0.15) is 31.6 Å². The molecule has 0 spiro atoms. The van der Waals surface area contributed by atoms with Crippen LogP contribution in [0.25, 0.3) is 0 Å². The number of nitrogens with two attached hydrogens (primary N) is 1. The summed E-state index contributed by atoms with van der Waals surface area (Å²) in [6, 6.07) is 3.49. The van der Waals surface area contributed by atoms with E-state index in [1.54, 1.807) is 6.26 Å². The van der Waals surface area contributed by atoms with Crippen LogP contribution in [0, 0.1) is 0 Å². The Hall–Kier alpha value is -1.29. The lowest BCUT2D eigenvalue weighted by Crippen LogP contribution is -2.33. The molecule has 2 heterocycles. The van der Waals surface area contributed by atoms with E-state index in [1.165, 1.54) is 0 Å². The third kappa shape index (κ3) is 1.77. The van der Waals surface area contributed by atoms with Crippen LogP contribution in [0.3, 0.4) is 0 Å². The molecule has 0 saturated carbocycles. The van der Waals surface area contributed by atoms with E-state index in [4.69, 9.17) is 10.2 Å². The minimum Gasteiger partial charge on any atom is -0.467 e. The number of carbonyl (C=O) groups is 1. The summed E-state index contributed by atoms with van der Waals surface area (Å²) < 4.78 is 5.34. The van der Waals surface area contributed by atoms with Gasteiger partial charge in [-0.15, -0.1) is 0 Å². The summed E-state index contributed by atoms with van der Waals surface area (Å²) in [4.78, 5) is 13.5. The van der Waals surface area contributed by atoms with Crippen molar-refractivity contribution in [3.8, 4) is 0 Å². The lowest BCUT2D eigenvalue weighted by molar-refractivity contribution is -0.129. The van der Waals surface area contributed by atoms with Crippen LogP contribution in [0.2, 0.25) is 0 Å². The Kier molecular flexibility index (Phi) is 2.77. The highest BCUT2D eigenvalue weighted by atomic mass is 16.3. The summed E-state index contributed by atoms with van der Waals surface area (Å²) in [5.74, 6) is 0.924. The molecule has 0 radical (unpaired) electrons. The van der Waals surface area contributed by atoms with E-state index in [1.807, 2.05) is 17.0 Å². The van der Waals surface area contributed by atoms with Crippen molar-refractivity contribution in [3.63, 3.8) is 0 Å². The molecule has 4 nitrogen and oxygen atoms in total. The largest absolute Gasteiger partial charge is 0.467 e. The Labute approximate surface area is 89.0 Å². The molecule has 0 unspecified atom stereocenters. The van der Waals surface area contributed by atoms with E-state index >= 15 is 0 Å². The normalized spacial score (nSPS) is 26.3. The number of likely N-dealkylation sites (tertiary alicyclic amines) is 1. The molecule has 0 aliphatic carbocycles. The van der Waals surface area contributed by atoms with Gasteiger partial charge in [-0.2, -0.15) is 0 Å². The Morgan fingerprint density at radius 2 is 2.47 bits per heavy atom. The highest BCUT2D eigenvalue weighted by Gasteiger charge is 2.39. The summed E-state index contributed by atoms with van der Waals surface area (Å²) in [5.41, 5.74) is 5.96. The van der Waals surface area contributed by atoms with Crippen molar-refractivity contribution in [1.29, 1.82) is 0 Å². The Morgan fingerprint density at radius 1 is 1.67 bits per heavy atom. The fraction of sp³-hybridized carbons (Fsp3) is 0.545. The van der Waals surface area contributed by atoms with E-state index in [0.29, 0.717) is 6.42 Å². The van der Waals surface area contributed by atoms with Crippen LogP contribution in [0.4, 0.5) is 0 Å². The van der Waals surface area contributed by atoms with E-state index in [9.17, 15) is 4.79 Å². The van der Waals surface area contributed by atoms with Crippen LogP contribution in [-0.4, -0.2) is 23.4 Å². The van der Waals surface area contributed by atoms with E-state index in [-0.39, 0.29) is 18.0 Å². The van der Waals surface area contributed by atoms with Gasteiger partial charge >= 0.3 is 0 Å². The zero-order valence-electron chi connectivity index (χ0n) is 8.85. The maximum Gasteiger partial charge on any atom is 0.224 e. The molecule has 0 aromatic carbocycles. The molecule has 1 saturated heterocycles. The van der Waals surface area contributed by atoms with Crippen LogP contribution in [0.15, 0.2) is 22.8 Å². The zero-order chi connectivity index (χ0) is 10.8. The summed E-state index contributed by atoms with van der Waals surface area (Å²) in [5, 5.41) is 0. The topological polar surface area (TPSA) is 59.5 Å². The fourth-order valence-corrected chi connectivity index (χ4v) is 2.15. The van der Waals surface area contributed by atoms with Gasteiger partial charge in [0.25, 0.3) is 0 Å². The van der Waals surface area contributed by atoms with E-state index in [2.05, 4.69) is 6.92 Å². The Bertz CT molecular complexity index is 334. The Balaban J connectivity index is 2.23. The van der Waals surface area contributed by atoms with Crippen molar-refractivity contribution in [3.05, 3.63) is 24.2 Å². The number of hydrogen-bond donors (Lipinski definition) is 1. The molecule has 2 atom stereocenters. The van der Waals surface area contributed by atoms with Gasteiger partial charge in [0.15, 0.2) is 0 Å². The molecule has 1 aromatic rings. The van der Waals surface area contributed by atoms with Crippen LogP contribution in [0.5, 0.6) is 0 Å². The second-order valence-corrected chi connectivity index (χ2v) is 3.92. The third-order valence-electron chi connectivity index (χ3n) is 2.77. The first-order valence-corrected chi connectivity index (χ1v) is 5.32. The number of nitrogens with zero attached hydrogens (tertiary/aromatic N) is 1. The van der Waals surface area contributed by atoms with Crippen molar-refractivity contribution in [2.75, 3.05) is 6.54 Å². The van der Waals surface area contributed by atoms with Gasteiger partial charge in [-0.3, -0.25) is 4.79 Å². The quantitative estimate of drug-likeness (QED) is 0.814. The van der Waals surface area contributed by atoms with Crippen molar-refractivity contribution in [2.24, 2.45) is 5.73 Å². The van der Waals surface area contributed by atoms with Crippen molar-refractivity contribution >= 4 is 5.91 Å². The monoisotopic (exact) mass is 208 g/mol. The second-order valence-electron chi connectivity index (χ2n) is 3.92. The first kappa shape index (κ1) is 10.2. The zero-order valence-corrected chi connectivity index (χ0v) is 8.85. The molecule has 1 fully saturated rings. The highest BCUT2D eigenvalue weighted by molar-refractivity contribution is 5.80. The summed E-state index contributed by atoms with van der Waals surface area (Å²) in [6.45, 7) is 2.80. The maximum atomic E-state index is 11.7. The Morgan fingerprint density at radius 3 is 3.07 bits per heavy atom. The predicted molar refractivity (Wildman–Crippen MR) is 56.0 cm³/mol. The maximum absolute atomic E-state index is 11.7. The van der Waals surface area contributed by atoms with Gasteiger partial charge in [-0.1, -0.05) is 6.92 Å². The standard InChI is InChI=1S/C11H16N2O2/c1-2-5-13-10(14)7-8(12)11(13)9-4-3-6-15-9/h3-4,6,8,11H,2,5,7,12H2,1H3/t8-,11-/m0/s1. The van der Waals surface area contributed by atoms with Crippen LogP contribution < -0.4 is 5.73 Å². The van der Waals surface area contributed by atoms with Gasteiger partial charge in [0, 0.05) is 19.0 Å². The van der Waals surface area contributed by atoms with Gasteiger partial charge in [0.2, 0.25) is 5.91 Å². The van der Waals surface area contributed by atoms with Crippen LogP contribution >= 0.6 is 0 Å².